The van der Waals surface area contributed by atoms with E-state index in [1.807, 2.05) is 0 Å². The monoisotopic (exact) mass is 410 g/mol. The summed E-state index contributed by atoms with van der Waals surface area (Å²) in [6, 6.07) is 1.46. The minimum atomic E-state index is -6.03. The van der Waals surface area contributed by atoms with Gasteiger partial charge in [-0.3, -0.25) is 4.79 Å². The molecule has 0 saturated heterocycles. The van der Waals surface area contributed by atoms with Crippen molar-refractivity contribution in [3.8, 4) is 0 Å². The highest BCUT2D eigenvalue weighted by molar-refractivity contribution is 5.77. The molecule has 0 heterocycles. The van der Waals surface area contributed by atoms with Crippen molar-refractivity contribution in [2.45, 2.75) is 50.4 Å². The van der Waals surface area contributed by atoms with Crippen LogP contribution in [0.3, 0.4) is 0 Å². The lowest BCUT2D eigenvalue weighted by Gasteiger charge is -2.39. The number of unbranched alkanes of at least 4 members (excludes halogenated alkanes) is 1. The molecule has 0 bridgehead atoms. The molecule has 2 N–H and O–H groups in total. The number of hydrogen-bond acceptors (Lipinski definition) is 2. The van der Waals surface area contributed by atoms with E-state index in [-0.39, 0.29) is 6.42 Å². The van der Waals surface area contributed by atoms with Gasteiger partial charge in [-0.1, -0.05) is 13.3 Å². The third kappa shape index (κ3) is 5.42. The molecule has 0 radical (unpaired) electrons. The molecule has 0 aliphatic rings. The molecule has 0 saturated carbocycles. The van der Waals surface area contributed by atoms with Crippen molar-refractivity contribution in [2.24, 2.45) is 0 Å². The second-order valence-corrected chi connectivity index (χ2v) is 5.60. The normalized spacial score (nSPS) is 13.4. The Hall–Kier alpha value is -2.14. The first kappa shape index (κ1) is 22.9. The number of alkyl halides is 9. The maximum Gasteiger partial charge on any atom is 0.439 e. The first-order valence-corrected chi connectivity index (χ1v) is 7.54. The number of carbonyl (C=O) groups is 1. The zero-order valence-electron chi connectivity index (χ0n) is 13.7. The average Bonchev–Trinajstić information content (AvgIpc) is 2.49. The lowest BCUT2D eigenvalue weighted by molar-refractivity contribution is -0.296. The highest BCUT2D eigenvalue weighted by atomic mass is 19.4. The van der Waals surface area contributed by atoms with Gasteiger partial charge in [0.25, 0.3) is 0 Å². The molecule has 0 spiro atoms. The molecule has 1 aromatic carbocycles. The van der Waals surface area contributed by atoms with E-state index in [0.717, 1.165) is 10.6 Å². The van der Waals surface area contributed by atoms with E-state index < -0.39 is 47.8 Å². The third-order valence-electron chi connectivity index (χ3n) is 3.48. The summed E-state index contributed by atoms with van der Waals surface area (Å²) < 4.78 is 117. The minimum Gasteiger partial charge on any atom is -0.348 e. The van der Waals surface area contributed by atoms with Gasteiger partial charge in [0, 0.05) is 12.1 Å². The summed E-state index contributed by atoms with van der Waals surface area (Å²) in [4.78, 5) is 11.6. The van der Waals surface area contributed by atoms with E-state index in [9.17, 15) is 44.3 Å². The lowest BCUT2D eigenvalue weighted by atomic mass is 10.1. The molecule has 1 amide bonds. The molecular formula is C15H15F9N2O. The Kier molecular flexibility index (Phi) is 6.66. The van der Waals surface area contributed by atoms with Gasteiger partial charge < -0.3 is 10.6 Å². The van der Waals surface area contributed by atoms with Gasteiger partial charge in [-0.2, -0.15) is 39.5 Å². The van der Waals surface area contributed by atoms with Crippen LogP contribution in [0.15, 0.2) is 24.3 Å². The molecule has 27 heavy (non-hydrogen) atoms. The van der Waals surface area contributed by atoms with E-state index in [1.54, 1.807) is 6.92 Å². The van der Waals surface area contributed by atoms with Crippen molar-refractivity contribution in [3.63, 3.8) is 0 Å². The largest absolute Gasteiger partial charge is 0.439 e. The lowest BCUT2D eigenvalue weighted by Crippen LogP contribution is -2.72. The second kappa shape index (κ2) is 7.85. The topological polar surface area (TPSA) is 41.1 Å². The SMILES string of the molecule is CCCCC(=O)NC(Nc1ccc(C(F)(F)F)cc1)(C(F)(F)F)C(F)(F)F. The highest BCUT2D eigenvalue weighted by Crippen LogP contribution is 2.44. The number of amides is 1. The van der Waals surface area contributed by atoms with Crippen molar-refractivity contribution in [3.05, 3.63) is 29.8 Å². The van der Waals surface area contributed by atoms with E-state index in [4.69, 9.17) is 0 Å². The van der Waals surface area contributed by atoms with Gasteiger partial charge in [0.05, 0.1) is 5.56 Å². The average molecular weight is 410 g/mol. The first-order chi connectivity index (χ1) is 12.1. The van der Waals surface area contributed by atoms with Crippen LogP contribution in [0.5, 0.6) is 0 Å². The molecule has 154 valence electrons. The summed E-state index contributed by atoms with van der Waals surface area (Å²) >= 11 is 0. The van der Waals surface area contributed by atoms with Crippen LogP contribution in [-0.4, -0.2) is 23.9 Å². The van der Waals surface area contributed by atoms with Crippen LogP contribution >= 0.6 is 0 Å². The third-order valence-corrected chi connectivity index (χ3v) is 3.48. The number of rotatable bonds is 6. The quantitative estimate of drug-likeness (QED) is 0.497. The van der Waals surface area contributed by atoms with Gasteiger partial charge in [-0.15, -0.1) is 0 Å². The summed E-state index contributed by atoms with van der Waals surface area (Å²) in [6.45, 7) is 1.58. The molecule has 0 unspecified atom stereocenters. The Labute approximate surface area is 147 Å². The van der Waals surface area contributed by atoms with Crippen LogP contribution in [0.4, 0.5) is 45.2 Å². The molecule has 12 heteroatoms. The van der Waals surface area contributed by atoms with Gasteiger partial charge in [0.15, 0.2) is 0 Å². The number of carbonyl (C=O) groups excluding carboxylic acids is 1. The molecule has 1 aromatic rings. The van der Waals surface area contributed by atoms with Gasteiger partial charge in [0.2, 0.25) is 5.91 Å². The molecular weight excluding hydrogens is 395 g/mol. The minimum absolute atomic E-state index is 0.0535. The maximum atomic E-state index is 13.3. The fourth-order valence-electron chi connectivity index (χ4n) is 2.04. The van der Waals surface area contributed by atoms with E-state index in [0.29, 0.717) is 30.7 Å². The predicted octanol–water partition coefficient (Wildman–Crippen LogP) is 5.24. The van der Waals surface area contributed by atoms with Crippen molar-refractivity contribution in [2.75, 3.05) is 5.32 Å². The van der Waals surface area contributed by atoms with Crippen LogP contribution < -0.4 is 10.6 Å². The molecule has 0 fully saturated rings. The van der Waals surface area contributed by atoms with Crippen molar-refractivity contribution >= 4 is 11.6 Å². The smallest absolute Gasteiger partial charge is 0.348 e. The predicted molar refractivity (Wildman–Crippen MR) is 77.6 cm³/mol. The van der Waals surface area contributed by atoms with E-state index in [1.165, 1.54) is 0 Å². The highest BCUT2D eigenvalue weighted by Gasteiger charge is 2.72. The summed E-state index contributed by atoms with van der Waals surface area (Å²) in [7, 11) is 0. The fourth-order valence-corrected chi connectivity index (χ4v) is 2.04. The Bertz CT molecular complexity index is 619. The zero-order chi connectivity index (χ0) is 21.1. The Morgan fingerprint density at radius 3 is 1.74 bits per heavy atom. The van der Waals surface area contributed by atoms with Crippen molar-refractivity contribution < 1.29 is 44.3 Å². The number of nitrogens with one attached hydrogen (secondary N) is 2. The van der Waals surface area contributed by atoms with E-state index >= 15 is 0 Å². The van der Waals surface area contributed by atoms with Gasteiger partial charge >= 0.3 is 24.2 Å². The number of benzene rings is 1. The fraction of sp³-hybridized carbons (Fsp3) is 0.533. The molecule has 0 aromatic heterocycles. The zero-order valence-corrected chi connectivity index (χ0v) is 13.7. The van der Waals surface area contributed by atoms with Gasteiger partial charge in [0.1, 0.15) is 0 Å². The number of hydrogen-bond donors (Lipinski definition) is 2. The first-order valence-electron chi connectivity index (χ1n) is 7.54. The van der Waals surface area contributed by atoms with Crippen LogP contribution in [-0.2, 0) is 11.0 Å². The van der Waals surface area contributed by atoms with Gasteiger partial charge in [-0.25, -0.2) is 0 Å². The van der Waals surface area contributed by atoms with Crippen LogP contribution in [0.1, 0.15) is 31.7 Å². The molecule has 0 aliphatic heterocycles. The summed E-state index contributed by atoms with van der Waals surface area (Å²) in [5.41, 5.74) is -7.03. The molecule has 3 nitrogen and oxygen atoms in total. The Balaban J connectivity index is 3.30. The molecule has 0 atom stereocenters. The Morgan fingerprint density at radius 2 is 1.37 bits per heavy atom. The van der Waals surface area contributed by atoms with Crippen molar-refractivity contribution in [1.82, 2.24) is 5.32 Å². The second-order valence-electron chi connectivity index (χ2n) is 5.60. The standard InChI is InChI=1S/C15H15F9N2O/c1-2-3-4-11(27)26-13(14(19,20)21,15(22,23)24)25-10-7-5-9(6-8-10)12(16,17)18/h5-8,25H,2-4H2,1H3,(H,26,27). The van der Waals surface area contributed by atoms with Crippen LogP contribution in [0, 0.1) is 0 Å². The summed E-state index contributed by atoms with van der Waals surface area (Å²) in [5.74, 6) is -1.51. The molecule has 0 aliphatic carbocycles. The van der Waals surface area contributed by atoms with Crippen LogP contribution in [0.2, 0.25) is 0 Å². The summed E-state index contributed by atoms with van der Waals surface area (Å²) in [5, 5.41) is 2.03. The van der Waals surface area contributed by atoms with Crippen LogP contribution in [0.25, 0.3) is 0 Å². The maximum absolute atomic E-state index is 13.3. The number of anilines is 1. The van der Waals surface area contributed by atoms with Crippen molar-refractivity contribution in [1.29, 1.82) is 0 Å². The number of halogens is 9. The molecule has 1 rings (SSSR count). The van der Waals surface area contributed by atoms with E-state index in [2.05, 4.69) is 0 Å². The van der Waals surface area contributed by atoms with Gasteiger partial charge in [-0.05, 0) is 30.7 Å². The summed E-state index contributed by atoms with van der Waals surface area (Å²) in [6.07, 6.45) is -17.1. The Morgan fingerprint density at radius 1 is 0.889 bits per heavy atom.